The highest BCUT2D eigenvalue weighted by Crippen LogP contribution is 2.17. The van der Waals surface area contributed by atoms with Crippen molar-refractivity contribution in [3.63, 3.8) is 0 Å². The predicted molar refractivity (Wildman–Crippen MR) is 54.8 cm³/mol. The minimum atomic E-state index is 0.115. The number of phenols is 1. The molecule has 0 saturated heterocycles. The number of nitriles is 1. The van der Waals surface area contributed by atoms with Gasteiger partial charge >= 0.3 is 0 Å². The van der Waals surface area contributed by atoms with Crippen LogP contribution in [0.2, 0.25) is 0 Å². The van der Waals surface area contributed by atoms with Gasteiger partial charge in [-0.05, 0) is 43.5 Å². The van der Waals surface area contributed by atoms with Gasteiger partial charge in [0.25, 0.3) is 0 Å². The lowest BCUT2D eigenvalue weighted by atomic mass is 10.0. The molecule has 0 aliphatic carbocycles. The molecule has 1 aromatic carbocycles. The number of hydrogen-bond donors (Lipinski definition) is 2. The molecular weight excluding hydrogens is 176 g/mol. The molecule has 0 aliphatic heterocycles. The topological polar surface area (TPSA) is 70.0 Å². The van der Waals surface area contributed by atoms with Gasteiger partial charge in [-0.15, -0.1) is 0 Å². The maximum Gasteiger partial charge on any atom is 0.115 e. The molecule has 0 aromatic heterocycles. The normalized spacial score (nSPS) is 12.1. The lowest BCUT2D eigenvalue weighted by Gasteiger charge is -2.06. The molecule has 0 fully saturated rings. The Morgan fingerprint density at radius 1 is 1.57 bits per heavy atom. The molecule has 0 unspecified atom stereocenters. The van der Waals surface area contributed by atoms with Crippen molar-refractivity contribution in [1.29, 1.82) is 5.26 Å². The summed E-state index contributed by atoms with van der Waals surface area (Å²) in [4.78, 5) is 0. The molecule has 1 aromatic rings. The van der Waals surface area contributed by atoms with Crippen LogP contribution >= 0.6 is 0 Å². The van der Waals surface area contributed by atoms with E-state index < -0.39 is 0 Å². The van der Waals surface area contributed by atoms with E-state index in [1.165, 1.54) is 6.07 Å². The first-order valence-electron chi connectivity index (χ1n) is 4.61. The van der Waals surface area contributed by atoms with Gasteiger partial charge in [0.1, 0.15) is 5.75 Å². The predicted octanol–water partition coefficient (Wildman–Crippen LogP) is 1.54. The quantitative estimate of drug-likeness (QED) is 0.759. The lowest BCUT2D eigenvalue weighted by Crippen LogP contribution is -2.15. The number of rotatable bonds is 3. The van der Waals surface area contributed by atoms with E-state index in [9.17, 15) is 5.11 Å². The number of nitrogens with two attached hydrogens (primary N) is 1. The van der Waals surface area contributed by atoms with Crippen molar-refractivity contribution in [2.24, 2.45) is 5.73 Å². The van der Waals surface area contributed by atoms with E-state index in [0.717, 1.165) is 18.4 Å². The van der Waals surface area contributed by atoms with Crippen LogP contribution in [0.15, 0.2) is 18.2 Å². The standard InChI is InChI=1S/C11H14N2O/c1-8(13)2-3-9-6-11(14)5-4-10(9)7-12/h4-6,8,14H,2-3,13H2,1H3/t8-/m0/s1. The molecule has 0 aliphatic rings. The largest absolute Gasteiger partial charge is 0.508 e. The van der Waals surface area contributed by atoms with Crippen molar-refractivity contribution in [2.45, 2.75) is 25.8 Å². The Hall–Kier alpha value is -1.53. The number of nitrogens with zero attached hydrogens (tertiary/aromatic N) is 1. The lowest BCUT2D eigenvalue weighted by molar-refractivity contribution is 0.474. The average Bonchev–Trinajstić information content (AvgIpc) is 2.15. The van der Waals surface area contributed by atoms with E-state index in [0.29, 0.717) is 5.56 Å². The summed E-state index contributed by atoms with van der Waals surface area (Å²) in [6.45, 7) is 1.93. The molecule has 0 heterocycles. The third-order valence-corrected chi connectivity index (χ3v) is 2.08. The van der Waals surface area contributed by atoms with Crippen LogP contribution in [0.25, 0.3) is 0 Å². The monoisotopic (exact) mass is 190 g/mol. The van der Waals surface area contributed by atoms with E-state index in [1.54, 1.807) is 12.1 Å². The summed E-state index contributed by atoms with van der Waals surface area (Å²) in [5, 5.41) is 18.1. The molecule has 3 nitrogen and oxygen atoms in total. The van der Waals surface area contributed by atoms with E-state index >= 15 is 0 Å². The van der Waals surface area contributed by atoms with Gasteiger partial charge < -0.3 is 10.8 Å². The van der Waals surface area contributed by atoms with Crippen molar-refractivity contribution in [3.05, 3.63) is 29.3 Å². The molecular formula is C11H14N2O. The summed E-state index contributed by atoms with van der Waals surface area (Å²) < 4.78 is 0. The van der Waals surface area contributed by atoms with Gasteiger partial charge in [0, 0.05) is 6.04 Å². The molecule has 0 bridgehead atoms. The number of aryl methyl sites for hydroxylation is 1. The Balaban J connectivity index is 2.84. The van der Waals surface area contributed by atoms with Crippen molar-refractivity contribution in [1.82, 2.24) is 0 Å². The maximum absolute atomic E-state index is 9.26. The van der Waals surface area contributed by atoms with Gasteiger partial charge in [-0.3, -0.25) is 0 Å². The Bertz CT molecular complexity index is 353. The fourth-order valence-corrected chi connectivity index (χ4v) is 1.28. The van der Waals surface area contributed by atoms with Crippen LogP contribution in [-0.4, -0.2) is 11.1 Å². The van der Waals surface area contributed by atoms with Gasteiger partial charge in [-0.1, -0.05) is 0 Å². The number of hydrogen-bond acceptors (Lipinski definition) is 3. The molecule has 3 N–H and O–H groups in total. The minimum absolute atomic E-state index is 0.115. The van der Waals surface area contributed by atoms with Crippen molar-refractivity contribution < 1.29 is 5.11 Å². The summed E-state index contributed by atoms with van der Waals surface area (Å²) in [5.74, 6) is 0.198. The molecule has 0 amide bonds. The van der Waals surface area contributed by atoms with Gasteiger partial charge in [0.2, 0.25) is 0 Å². The summed E-state index contributed by atoms with van der Waals surface area (Å²) in [6.07, 6.45) is 1.55. The Kier molecular flexibility index (Phi) is 3.49. The van der Waals surface area contributed by atoms with Crippen molar-refractivity contribution >= 4 is 0 Å². The average molecular weight is 190 g/mol. The third kappa shape index (κ3) is 2.75. The van der Waals surface area contributed by atoms with Crippen LogP contribution in [0, 0.1) is 11.3 Å². The highest BCUT2D eigenvalue weighted by atomic mass is 16.3. The zero-order valence-corrected chi connectivity index (χ0v) is 8.20. The summed E-state index contributed by atoms with van der Waals surface area (Å²) >= 11 is 0. The highest BCUT2D eigenvalue weighted by molar-refractivity contribution is 5.42. The SMILES string of the molecule is C[C@H](N)CCc1cc(O)ccc1C#N. The Morgan fingerprint density at radius 2 is 2.29 bits per heavy atom. The third-order valence-electron chi connectivity index (χ3n) is 2.08. The van der Waals surface area contributed by atoms with Crippen molar-refractivity contribution in [2.75, 3.05) is 0 Å². The second-order valence-corrected chi connectivity index (χ2v) is 3.47. The summed E-state index contributed by atoms with van der Waals surface area (Å²) in [7, 11) is 0. The minimum Gasteiger partial charge on any atom is -0.508 e. The molecule has 0 radical (unpaired) electrons. The van der Waals surface area contributed by atoms with E-state index in [-0.39, 0.29) is 11.8 Å². The van der Waals surface area contributed by atoms with Crippen LogP contribution in [0.4, 0.5) is 0 Å². The fourth-order valence-electron chi connectivity index (χ4n) is 1.28. The van der Waals surface area contributed by atoms with Crippen LogP contribution in [-0.2, 0) is 6.42 Å². The summed E-state index contributed by atoms with van der Waals surface area (Å²) in [5.41, 5.74) is 7.10. The summed E-state index contributed by atoms with van der Waals surface area (Å²) in [6, 6.07) is 6.99. The van der Waals surface area contributed by atoms with Crippen LogP contribution in [0.3, 0.4) is 0 Å². The molecule has 74 valence electrons. The molecule has 0 saturated carbocycles. The van der Waals surface area contributed by atoms with Gasteiger partial charge in [0.15, 0.2) is 0 Å². The van der Waals surface area contributed by atoms with Crippen molar-refractivity contribution in [3.8, 4) is 11.8 Å². The molecule has 1 rings (SSSR count). The van der Waals surface area contributed by atoms with Crippen LogP contribution < -0.4 is 5.73 Å². The number of phenolic OH excluding ortho intramolecular Hbond substituents is 1. The van der Waals surface area contributed by atoms with Gasteiger partial charge in [-0.2, -0.15) is 5.26 Å². The molecule has 3 heteroatoms. The smallest absolute Gasteiger partial charge is 0.115 e. The zero-order valence-electron chi connectivity index (χ0n) is 8.20. The van der Waals surface area contributed by atoms with Crippen LogP contribution in [0.1, 0.15) is 24.5 Å². The molecule has 14 heavy (non-hydrogen) atoms. The van der Waals surface area contributed by atoms with E-state index in [4.69, 9.17) is 11.0 Å². The molecule has 0 spiro atoms. The second-order valence-electron chi connectivity index (χ2n) is 3.47. The van der Waals surface area contributed by atoms with E-state index in [1.807, 2.05) is 6.92 Å². The first-order chi connectivity index (χ1) is 6.63. The van der Waals surface area contributed by atoms with Gasteiger partial charge in [0.05, 0.1) is 11.6 Å². The van der Waals surface area contributed by atoms with E-state index in [2.05, 4.69) is 6.07 Å². The Labute approximate surface area is 83.8 Å². The van der Waals surface area contributed by atoms with Gasteiger partial charge in [-0.25, -0.2) is 0 Å². The maximum atomic E-state index is 9.26. The highest BCUT2D eigenvalue weighted by Gasteiger charge is 2.04. The zero-order chi connectivity index (χ0) is 10.6. The first-order valence-corrected chi connectivity index (χ1v) is 4.61. The Morgan fingerprint density at radius 3 is 2.86 bits per heavy atom. The second kappa shape index (κ2) is 4.64. The number of aromatic hydroxyl groups is 1. The fraction of sp³-hybridized carbons (Fsp3) is 0.364. The number of benzene rings is 1. The van der Waals surface area contributed by atoms with Crippen LogP contribution in [0.5, 0.6) is 5.75 Å². The first kappa shape index (κ1) is 10.6. The molecule has 1 atom stereocenters.